The van der Waals surface area contributed by atoms with Gasteiger partial charge in [-0.05, 0) is 79.6 Å². The minimum atomic E-state index is -1.55. The fourth-order valence-electron chi connectivity index (χ4n) is 5.02. The second-order valence-electron chi connectivity index (χ2n) is 8.26. The van der Waals surface area contributed by atoms with Crippen molar-refractivity contribution in [2.75, 3.05) is 0 Å². The lowest BCUT2D eigenvalue weighted by Crippen LogP contribution is -2.31. The van der Waals surface area contributed by atoms with Gasteiger partial charge in [-0.15, -0.1) is 0 Å². The van der Waals surface area contributed by atoms with Crippen LogP contribution in [-0.2, 0) is 6.16 Å². The quantitative estimate of drug-likeness (QED) is 0.458. The lowest BCUT2D eigenvalue weighted by atomic mass is 9.89. The molecule has 4 rings (SSSR count). The Morgan fingerprint density at radius 1 is 0.741 bits per heavy atom. The Kier molecular flexibility index (Phi) is 4.95. The summed E-state index contributed by atoms with van der Waals surface area (Å²) in [6.45, 7) is 9.54. The van der Waals surface area contributed by atoms with Gasteiger partial charge in [-0.25, -0.2) is 0 Å². The summed E-state index contributed by atoms with van der Waals surface area (Å²) in [6, 6.07) is 27.5. The molecule has 27 heavy (non-hydrogen) atoms. The molecule has 0 radical (unpaired) electrons. The topological polar surface area (TPSA) is 0 Å². The van der Waals surface area contributed by atoms with E-state index in [0.717, 1.165) is 0 Å². The molecule has 1 aliphatic rings. The van der Waals surface area contributed by atoms with E-state index in [1.165, 1.54) is 23.7 Å². The maximum Gasteiger partial charge on any atom is 0.0998 e. The number of rotatable bonds is 2. The zero-order valence-electron chi connectivity index (χ0n) is 16.9. The molecule has 0 aliphatic carbocycles. The van der Waals surface area contributed by atoms with E-state index >= 15 is 0 Å². The van der Waals surface area contributed by atoms with Gasteiger partial charge in [0.25, 0.3) is 0 Å². The van der Waals surface area contributed by atoms with Crippen molar-refractivity contribution in [3.8, 4) is 0 Å². The van der Waals surface area contributed by atoms with Gasteiger partial charge in [-0.3, -0.25) is 0 Å². The second kappa shape index (κ2) is 7.25. The Labute approximate surface area is 165 Å². The molecule has 2 atom stereocenters. The maximum atomic E-state index is 2.51. The highest BCUT2D eigenvalue weighted by atomic mass is 31.2. The summed E-state index contributed by atoms with van der Waals surface area (Å²) in [7, 11) is -1.55. The molecule has 2 unspecified atom stereocenters. The van der Waals surface area contributed by atoms with E-state index in [0.29, 0.717) is 11.6 Å². The normalized spacial score (nSPS) is 21.3. The van der Waals surface area contributed by atoms with E-state index in [2.05, 4.69) is 100 Å². The Morgan fingerprint density at radius 3 is 1.85 bits per heavy atom. The van der Waals surface area contributed by atoms with Gasteiger partial charge in [0.2, 0.25) is 0 Å². The zero-order valence-corrected chi connectivity index (χ0v) is 17.8. The van der Waals surface area contributed by atoms with Crippen LogP contribution in [0.3, 0.4) is 0 Å². The van der Waals surface area contributed by atoms with Gasteiger partial charge in [0.05, 0.1) is 29.7 Å². The van der Waals surface area contributed by atoms with Gasteiger partial charge >= 0.3 is 0 Å². The highest BCUT2D eigenvalue weighted by Crippen LogP contribution is 2.67. The third-order valence-corrected chi connectivity index (χ3v) is 11.7. The molecule has 3 aromatic rings. The SMILES string of the molecule is Cc1ccc2c(c1C)C[P+](c1ccccc1)(c1ccccc1)C(C)CC2C. The molecular weight excluding hydrogens is 343 g/mol. The van der Waals surface area contributed by atoms with Crippen molar-refractivity contribution in [3.63, 3.8) is 0 Å². The van der Waals surface area contributed by atoms with E-state index in [4.69, 9.17) is 0 Å². The first-order chi connectivity index (χ1) is 13.0. The molecule has 0 bridgehead atoms. The first kappa shape index (κ1) is 18.5. The van der Waals surface area contributed by atoms with E-state index in [1.807, 2.05) is 0 Å². The van der Waals surface area contributed by atoms with Gasteiger partial charge in [0, 0.05) is 0 Å². The van der Waals surface area contributed by atoms with Crippen molar-refractivity contribution < 1.29 is 0 Å². The molecule has 1 heteroatoms. The lowest BCUT2D eigenvalue weighted by Gasteiger charge is -2.32. The molecule has 0 saturated heterocycles. The molecule has 1 heterocycles. The fraction of sp³-hybridized carbons (Fsp3) is 0.308. The third kappa shape index (κ3) is 3.05. The first-order valence-electron chi connectivity index (χ1n) is 10.1. The van der Waals surface area contributed by atoms with Gasteiger partial charge in [0.15, 0.2) is 0 Å². The van der Waals surface area contributed by atoms with E-state index in [-0.39, 0.29) is 0 Å². The molecule has 0 nitrogen and oxygen atoms in total. The van der Waals surface area contributed by atoms with Crippen LogP contribution in [0.15, 0.2) is 72.8 Å². The number of fused-ring (bicyclic) bond motifs is 1. The summed E-state index contributed by atoms with van der Waals surface area (Å²) in [5.41, 5.74) is 6.80. The standard InChI is InChI=1S/C26H30P/c1-19-15-16-25-20(2)17-21(3)27(18-26(25)22(19)4,23-11-7-5-8-12-23)24-13-9-6-10-14-24/h5-16,20-21H,17-18H2,1-4H3/q+1. The van der Waals surface area contributed by atoms with Crippen LogP contribution in [0, 0.1) is 13.8 Å². The molecule has 0 fully saturated rings. The Bertz CT molecular complexity index is 888. The van der Waals surface area contributed by atoms with Crippen LogP contribution in [0.1, 0.15) is 48.4 Å². The van der Waals surface area contributed by atoms with E-state index in [1.54, 1.807) is 21.7 Å². The van der Waals surface area contributed by atoms with Gasteiger partial charge in [-0.1, -0.05) is 55.5 Å². The van der Waals surface area contributed by atoms with Crippen molar-refractivity contribution in [1.82, 2.24) is 0 Å². The lowest BCUT2D eigenvalue weighted by molar-refractivity contribution is 0.673. The minimum Gasteiger partial charge on any atom is -0.0620 e. The van der Waals surface area contributed by atoms with Crippen molar-refractivity contribution in [2.45, 2.75) is 51.9 Å². The summed E-state index contributed by atoms with van der Waals surface area (Å²) in [4.78, 5) is 0. The Balaban J connectivity index is 2.02. The van der Waals surface area contributed by atoms with Crippen LogP contribution < -0.4 is 10.6 Å². The third-order valence-electron chi connectivity index (χ3n) is 6.72. The van der Waals surface area contributed by atoms with Crippen LogP contribution in [0.2, 0.25) is 0 Å². The van der Waals surface area contributed by atoms with Crippen LogP contribution in [-0.4, -0.2) is 5.66 Å². The Morgan fingerprint density at radius 2 is 1.30 bits per heavy atom. The molecular formula is C26H30P+. The van der Waals surface area contributed by atoms with Crippen molar-refractivity contribution in [1.29, 1.82) is 0 Å². The highest BCUT2D eigenvalue weighted by Gasteiger charge is 2.50. The van der Waals surface area contributed by atoms with Crippen LogP contribution in [0.5, 0.6) is 0 Å². The number of hydrogen-bond acceptors (Lipinski definition) is 0. The number of hydrogen-bond donors (Lipinski definition) is 0. The maximum absolute atomic E-state index is 2.51. The molecule has 0 saturated carbocycles. The van der Waals surface area contributed by atoms with Crippen LogP contribution >= 0.6 is 7.26 Å². The van der Waals surface area contributed by atoms with Crippen molar-refractivity contribution in [2.24, 2.45) is 0 Å². The minimum absolute atomic E-state index is 0.614. The number of benzene rings is 3. The number of aryl methyl sites for hydroxylation is 1. The Hall–Kier alpha value is -1.91. The molecule has 0 N–H and O–H groups in total. The molecule has 1 aliphatic heterocycles. The zero-order chi connectivity index (χ0) is 19.0. The molecule has 0 spiro atoms. The van der Waals surface area contributed by atoms with Crippen LogP contribution in [0.4, 0.5) is 0 Å². The summed E-state index contributed by atoms with van der Waals surface area (Å²) in [5.74, 6) is 0.614. The average molecular weight is 374 g/mol. The summed E-state index contributed by atoms with van der Waals surface area (Å²) < 4.78 is 0. The summed E-state index contributed by atoms with van der Waals surface area (Å²) in [5, 5.41) is 3.12. The van der Waals surface area contributed by atoms with E-state index in [9.17, 15) is 0 Å². The van der Waals surface area contributed by atoms with Gasteiger partial charge in [-0.2, -0.15) is 0 Å². The molecule has 0 aromatic heterocycles. The van der Waals surface area contributed by atoms with Crippen molar-refractivity contribution in [3.05, 3.63) is 95.1 Å². The monoisotopic (exact) mass is 373 g/mol. The van der Waals surface area contributed by atoms with Crippen LogP contribution in [0.25, 0.3) is 0 Å². The summed E-state index contributed by atoms with van der Waals surface area (Å²) >= 11 is 0. The fourth-order valence-corrected chi connectivity index (χ4v) is 10.0. The van der Waals surface area contributed by atoms with Gasteiger partial charge < -0.3 is 0 Å². The highest BCUT2D eigenvalue weighted by molar-refractivity contribution is 7.89. The smallest absolute Gasteiger partial charge is 0.0620 e. The molecule has 138 valence electrons. The predicted molar refractivity (Wildman–Crippen MR) is 121 cm³/mol. The molecule has 3 aromatic carbocycles. The second-order valence-corrected chi connectivity index (χ2v) is 12.2. The largest absolute Gasteiger partial charge is 0.0998 e. The van der Waals surface area contributed by atoms with Crippen molar-refractivity contribution >= 4 is 17.9 Å². The first-order valence-corrected chi connectivity index (χ1v) is 12.2. The predicted octanol–water partition coefficient (Wildman–Crippen LogP) is 6.37. The van der Waals surface area contributed by atoms with E-state index < -0.39 is 7.26 Å². The average Bonchev–Trinajstić information content (AvgIpc) is 2.81. The summed E-state index contributed by atoms with van der Waals surface area (Å²) in [6.07, 6.45) is 2.45. The van der Waals surface area contributed by atoms with Gasteiger partial charge in [0.1, 0.15) is 0 Å². The molecule has 0 amide bonds.